The lowest BCUT2D eigenvalue weighted by Crippen LogP contribution is -2.43. The molecule has 2 amide bonds. The molecular weight excluding hydrogens is 334 g/mol. The highest BCUT2D eigenvalue weighted by molar-refractivity contribution is 5.94. The molecule has 1 N–H and O–H groups in total. The van der Waals surface area contributed by atoms with Crippen LogP contribution in [0.1, 0.15) is 41.6 Å². The maximum Gasteiger partial charge on any atom is 0.289 e. The average molecular weight is 359 g/mol. The van der Waals surface area contributed by atoms with E-state index in [0.29, 0.717) is 6.54 Å². The Labute approximate surface area is 152 Å². The molecule has 1 aliphatic heterocycles. The fourth-order valence-corrected chi connectivity index (χ4v) is 3.26. The van der Waals surface area contributed by atoms with Crippen LogP contribution in [0.25, 0.3) is 0 Å². The van der Waals surface area contributed by atoms with Gasteiger partial charge in [0.1, 0.15) is 5.76 Å². The van der Waals surface area contributed by atoms with Crippen LogP contribution in [0.2, 0.25) is 0 Å². The fraction of sp³-hybridized carbons (Fsp3) is 0.474. The van der Waals surface area contributed by atoms with E-state index in [0.717, 1.165) is 31.7 Å². The second-order valence-corrected chi connectivity index (χ2v) is 6.57. The van der Waals surface area contributed by atoms with Crippen LogP contribution < -0.4 is 5.32 Å². The molecule has 0 radical (unpaired) electrons. The van der Waals surface area contributed by atoms with Gasteiger partial charge >= 0.3 is 0 Å². The smallest absolute Gasteiger partial charge is 0.289 e. The summed E-state index contributed by atoms with van der Waals surface area (Å²) in [5, 5.41) is 2.93. The minimum atomic E-state index is -0.316. The summed E-state index contributed by atoms with van der Waals surface area (Å²) < 4.78 is 10.7. The minimum absolute atomic E-state index is 0.0142. The highest BCUT2D eigenvalue weighted by atomic mass is 16.3. The van der Waals surface area contributed by atoms with Gasteiger partial charge in [0.25, 0.3) is 5.91 Å². The molecule has 0 aliphatic carbocycles. The van der Waals surface area contributed by atoms with Crippen LogP contribution in [-0.2, 0) is 4.79 Å². The van der Waals surface area contributed by atoms with Gasteiger partial charge in [-0.05, 0) is 50.2 Å². The van der Waals surface area contributed by atoms with Crippen molar-refractivity contribution >= 4 is 11.8 Å². The predicted molar refractivity (Wildman–Crippen MR) is 95.6 cm³/mol. The molecule has 0 bridgehead atoms. The number of hydrogen-bond acceptors (Lipinski definition) is 5. The van der Waals surface area contributed by atoms with Gasteiger partial charge in [0.2, 0.25) is 5.91 Å². The molecule has 0 aromatic carbocycles. The Morgan fingerprint density at radius 1 is 1.15 bits per heavy atom. The van der Waals surface area contributed by atoms with E-state index in [1.807, 2.05) is 12.1 Å². The SMILES string of the molecule is CN(CC(=O)NCC(c1ccco1)N1CCCCC1)C(=O)c1ccco1. The number of amides is 2. The molecule has 1 atom stereocenters. The zero-order chi connectivity index (χ0) is 18.4. The molecular formula is C19H25N3O4. The van der Waals surface area contributed by atoms with Crippen molar-refractivity contribution in [1.29, 1.82) is 0 Å². The van der Waals surface area contributed by atoms with E-state index in [-0.39, 0.29) is 30.2 Å². The van der Waals surface area contributed by atoms with E-state index in [2.05, 4.69) is 10.2 Å². The quantitative estimate of drug-likeness (QED) is 0.820. The molecule has 1 unspecified atom stereocenters. The van der Waals surface area contributed by atoms with Crippen LogP contribution in [-0.4, -0.2) is 54.8 Å². The Morgan fingerprint density at radius 3 is 2.54 bits per heavy atom. The number of furan rings is 2. The van der Waals surface area contributed by atoms with Crippen molar-refractivity contribution in [1.82, 2.24) is 15.1 Å². The second kappa shape index (κ2) is 8.71. The van der Waals surface area contributed by atoms with Crippen molar-refractivity contribution in [3.8, 4) is 0 Å². The molecule has 0 saturated carbocycles. The fourth-order valence-electron chi connectivity index (χ4n) is 3.26. The van der Waals surface area contributed by atoms with Crippen LogP contribution in [0.4, 0.5) is 0 Å². The van der Waals surface area contributed by atoms with Crippen LogP contribution in [0.5, 0.6) is 0 Å². The van der Waals surface area contributed by atoms with E-state index < -0.39 is 0 Å². The van der Waals surface area contributed by atoms with Crippen LogP contribution in [0, 0.1) is 0 Å². The molecule has 7 heteroatoms. The van der Waals surface area contributed by atoms with Crippen molar-refractivity contribution in [3.05, 3.63) is 48.3 Å². The lowest BCUT2D eigenvalue weighted by Gasteiger charge is -2.33. The number of piperidine rings is 1. The number of carbonyl (C=O) groups is 2. The molecule has 3 heterocycles. The summed E-state index contributed by atoms with van der Waals surface area (Å²) in [4.78, 5) is 28.1. The number of likely N-dealkylation sites (N-methyl/N-ethyl adjacent to an activating group) is 1. The van der Waals surface area contributed by atoms with Crippen molar-refractivity contribution < 1.29 is 18.4 Å². The highest BCUT2D eigenvalue weighted by Crippen LogP contribution is 2.24. The van der Waals surface area contributed by atoms with Gasteiger partial charge in [-0.2, -0.15) is 0 Å². The van der Waals surface area contributed by atoms with Gasteiger partial charge < -0.3 is 19.1 Å². The zero-order valence-electron chi connectivity index (χ0n) is 15.0. The van der Waals surface area contributed by atoms with E-state index >= 15 is 0 Å². The summed E-state index contributed by atoms with van der Waals surface area (Å²) in [6, 6.07) is 7.05. The molecule has 3 rings (SSSR count). The summed E-state index contributed by atoms with van der Waals surface area (Å²) in [6.45, 7) is 2.43. The first-order chi connectivity index (χ1) is 12.6. The highest BCUT2D eigenvalue weighted by Gasteiger charge is 2.25. The van der Waals surface area contributed by atoms with E-state index in [1.54, 1.807) is 25.4 Å². The van der Waals surface area contributed by atoms with Crippen LogP contribution in [0.15, 0.2) is 45.6 Å². The van der Waals surface area contributed by atoms with Crippen molar-refractivity contribution in [3.63, 3.8) is 0 Å². The Balaban J connectivity index is 1.54. The monoisotopic (exact) mass is 359 g/mol. The summed E-state index contributed by atoms with van der Waals surface area (Å²) in [7, 11) is 1.58. The van der Waals surface area contributed by atoms with Gasteiger partial charge in [0.15, 0.2) is 5.76 Å². The lowest BCUT2D eigenvalue weighted by atomic mass is 10.1. The summed E-state index contributed by atoms with van der Waals surface area (Å²) in [5.74, 6) is 0.555. The lowest BCUT2D eigenvalue weighted by molar-refractivity contribution is -0.121. The van der Waals surface area contributed by atoms with Gasteiger partial charge in [0, 0.05) is 13.6 Å². The van der Waals surface area contributed by atoms with Gasteiger partial charge in [-0.1, -0.05) is 6.42 Å². The Morgan fingerprint density at radius 2 is 1.88 bits per heavy atom. The Kier molecular flexibility index (Phi) is 6.12. The number of likely N-dealkylation sites (tertiary alicyclic amines) is 1. The Hall–Kier alpha value is -2.54. The van der Waals surface area contributed by atoms with Crippen molar-refractivity contribution in [2.24, 2.45) is 0 Å². The molecule has 26 heavy (non-hydrogen) atoms. The molecule has 2 aromatic heterocycles. The normalized spacial score (nSPS) is 16.2. The van der Waals surface area contributed by atoms with Crippen LogP contribution in [0.3, 0.4) is 0 Å². The Bertz CT molecular complexity index is 690. The maximum atomic E-state index is 12.3. The third-order valence-corrected chi connectivity index (χ3v) is 4.66. The predicted octanol–water partition coefficient (Wildman–Crippen LogP) is 2.29. The first-order valence-corrected chi connectivity index (χ1v) is 8.98. The van der Waals surface area contributed by atoms with Gasteiger partial charge in [-0.15, -0.1) is 0 Å². The van der Waals surface area contributed by atoms with Crippen molar-refractivity contribution in [2.75, 3.05) is 33.2 Å². The minimum Gasteiger partial charge on any atom is -0.468 e. The third kappa shape index (κ3) is 4.54. The molecule has 7 nitrogen and oxygen atoms in total. The molecule has 140 valence electrons. The zero-order valence-corrected chi connectivity index (χ0v) is 15.0. The largest absolute Gasteiger partial charge is 0.468 e. The first kappa shape index (κ1) is 18.3. The second-order valence-electron chi connectivity index (χ2n) is 6.57. The maximum absolute atomic E-state index is 12.3. The topological polar surface area (TPSA) is 78.9 Å². The summed E-state index contributed by atoms with van der Waals surface area (Å²) >= 11 is 0. The number of nitrogens with zero attached hydrogens (tertiary/aromatic N) is 2. The number of carbonyl (C=O) groups excluding carboxylic acids is 2. The van der Waals surface area contributed by atoms with Crippen LogP contribution >= 0.6 is 0 Å². The van der Waals surface area contributed by atoms with Gasteiger partial charge in [0.05, 0.1) is 25.1 Å². The number of hydrogen-bond donors (Lipinski definition) is 1. The standard InChI is InChI=1S/C19H25N3O4/c1-21(19(24)17-8-6-12-26-17)14-18(23)20-13-15(16-7-5-11-25-16)22-9-3-2-4-10-22/h5-8,11-12,15H,2-4,9-10,13-14H2,1H3,(H,20,23). The first-order valence-electron chi connectivity index (χ1n) is 8.98. The van der Waals surface area contributed by atoms with Gasteiger partial charge in [-0.3, -0.25) is 14.5 Å². The molecule has 1 fully saturated rings. The summed E-state index contributed by atoms with van der Waals surface area (Å²) in [6.07, 6.45) is 6.65. The van der Waals surface area contributed by atoms with Gasteiger partial charge in [-0.25, -0.2) is 0 Å². The third-order valence-electron chi connectivity index (χ3n) is 4.66. The molecule has 0 spiro atoms. The molecule has 1 aliphatic rings. The van der Waals surface area contributed by atoms with E-state index in [1.165, 1.54) is 17.6 Å². The molecule has 1 saturated heterocycles. The number of nitrogens with one attached hydrogen (secondary N) is 1. The van der Waals surface area contributed by atoms with Crippen molar-refractivity contribution in [2.45, 2.75) is 25.3 Å². The summed E-state index contributed by atoms with van der Waals surface area (Å²) in [5.41, 5.74) is 0. The van der Waals surface area contributed by atoms with E-state index in [4.69, 9.17) is 8.83 Å². The van der Waals surface area contributed by atoms with E-state index in [9.17, 15) is 9.59 Å². The number of rotatable bonds is 7. The molecule has 2 aromatic rings. The average Bonchev–Trinajstić information content (AvgIpc) is 3.36.